The molecule has 0 amide bonds. The molecular weight excluding hydrogens is 280 g/mol. The lowest BCUT2D eigenvalue weighted by Crippen LogP contribution is -2.41. The topological polar surface area (TPSA) is 31.4 Å². The fourth-order valence-corrected chi connectivity index (χ4v) is 2.35. The van der Waals surface area contributed by atoms with Crippen LogP contribution in [0.3, 0.4) is 0 Å². The molecule has 1 saturated heterocycles. The molecule has 0 saturated carbocycles. The number of nitrogens with zero attached hydrogens (tertiary/aromatic N) is 1. The van der Waals surface area contributed by atoms with Gasteiger partial charge in [-0.2, -0.15) is 0 Å². The Kier molecular flexibility index (Phi) is 3.58. The molecule has 0 bridgehead atoms. The summed E-state index contributed by atoms with van der Waals surface area (Å²) in [6, 6.07) is 10.1. The summed E-state index contributed by atoms with van der Waals surface area (Å²) in [5, 5.41) is 0. The summed E-state index contributed by atoms with van der Waals surface area (Å²) in [5.41, 5.74) is 1.79. The van der Waals surface area contributed by atoms with Gasteiger partial charge in [-0.1, -0.05) is 0 Å². The molecule has 0 atom stereocenters. The maximum Gasteiger partial charge on any atom is 0.494 e. The molecule has 0 N–H and O–H groups in total. The first-order chi connectivity index (χ1) is 10.3. The van der Waals surface area contributed by atoms with Crippen molar-refractivity contribution in [2.75, 3.05) is 0 Å². The Balaban J connectivity index is 1.91. The fraction of sp³-hybridized carbons (Fsp3) is 0.353. The first-order valence-electron chi connectivity index (χ1n) is 7.36. The Bertz CT molecular complexity index is 669. The summed E-state index contributed by atoms with van der Waals surface area (Å²) in [7, 11) is -0.424. The van der Waals surface area contributed by atoms with E-state index in [1.165, 1.54) is 12.1 Å². The van der Waals surface area contributed by atoms with Crippen LogP contribution in [-0.4, -0.2) is 23.3 Å². The van der Waals surface area contributed by atoms with Crippen LogP contribution in [0.15, 0.2) is 42.6 Å². The molecule has 22 heavy (non-hydrogen) atoms. The van der Waals surface area contributed by atoms with Crippen LogP contribution in [0.1, 0.15) is 27.7 Å². The van der Waals surface area contributed by atoms with E-state index in [0.29, 0.717) is 0 Å². The zero-order valence-electron chi connectivity index (χ0n) is 13.3. The number of aromatic nitrogens is 1. The Hall–Kier alpha value is -1.72. The van der Waals surface area contributed by atoms with E-state index in [4.69, 9.17) is 9.31 Å². The molecule has 2 heterocycles. The van der Waals surface area contributed by atoms with E-state index in [9.17, 15) is 4.39 Å². The quantitative estimate of drug-likeness (QED) is 0.798. The van der Waals surface area contributed by atoms with Gasteiger partial charge in [0, 0.05) is 11.8 Å². The van der Waals surface area contributed by atoms with Crippen molar-refractivity contribution in [1.82, 2.24) is 4.98 Å². The predicted molar refractivity (Wildman–Crippen MR) is 85.3 cm³/mol. The maximum atomic E-state index is 13.0. The van der Waals surface area contributed by atoms with Gasteiger partial charge in [-0.15, -0.1) is 0 Å². The van der Waals surface area contributed by atoms with E-state index in [0.717, 1.165) is 16.7 Å². The molecule has 1 aromatic heterocycles. The molecule has 114 valence electrons. The van der Waals surface area contributed by atoms with Crippen molar-refractivity contribution in [3.63, 3.8) is 0 Å². The largest absolute Gasteiger partial charge is 0.494 e. The van der Waals surface area contributed by atoms with Crippen LogP contribution < -0.4 is 5.46 Å². The van der Waals surface area contributed by atoms with Crippen molar-refractivity contribution in [3.8, 4) is 11.3 Å². The molecule has 1 aromatic carbocycles. The first kappa shape index (κ1) is 15.2. The SMILES string of the molecule is CC1(C)OB(c2ccnc(-c3ccc(F)cc3)c2)OC1(C)C. The van der Waals surface area contributed by atoms with Crippen LogP contribution in [0.4, 0.5) is 4.39 Å². The van der Waals surface area contributed by atoms with Gasteiger partial charge in [0.15, 0.2) is 0 Å². The average Bonchev–Trinajstić information content (AvgIpc) is 2.68. The number of hydrogen-bond acceptors (Lipinski definition) is 3. The minimum Gasteiger partial charge on any atom is -0.399 e. The van der Waals surface area contributed by atoms with Crippen LogP contribution in [0, 0.1) is 5.82 Å². The van der Waals surface area contributed by atoms with Crippen molar-refractivity contribution in [1.29, 1.82) is 0 Å². The molecule has 0 unspecified atom stereocenters. The second-order valence-corrected chi connectivity index (χ2v) is 6.57. The highest BCUT2D eigenvalue weighted by Crippen LogP contribution is 2.36. The van der Waals surface area contributed by atoms with Gasteiger partial charge < -0.3 is 9.31 Å². The van der Waals surface area contributed by atoms with Gasteiger partial charge >= 0.3 is 7.12 Å². The van der Waals surface area contributed by atoms with E-state index < -0.39 is 7.12 Å². The summed E-state index contributed by atoms with van der Waals surface area (Å²) in [6.07, 6.45) is 1.72. The minimum atomic E-state index is -0.424. The monoisotopic (exact) mass is 299 g/mol. The molecule has 1 aliphatic rings. The Morgan fingerprint density at radius 1 is 0.955 bits per heavy atom. The van der Waals surface area contributed by atoms with E-state index in [1.807, 2.05) is 39.8 Å². The van der Waals surface area contributed by atoms with E-state index in [2.05, 4.69) is 4.98 Å². The molecule has 1 aliphatic heterocycles. The van der Waals surface area contributed by atoms with Crippen LogP contribution in [0.5, 0.6) is 0 Å². The number of benzene rings is 1. The molecule has 0 spiro atoms. The van der Waals surface area contributed by atoms with Gasteiger partial charge in [0.1, 0.15) is 5.82 Å². The summed E-state index contributed by atoms with van der Waals surface area (Å²) in [5.74, 6) is -0.258. The molecular formula is C17H19BFNO2. The molecule has 1 fully saturated rings. The van der Waals surface area contributed by atoms with E-state index in [-0.39, 0.29) is 17.0 Å². The summed E-state index contributed by atoms with van der Waals surface area (Å²) in [6.45, 7) is 8.09. The van der Waals surface area contributed by atoms with E-state index >= 15 is 0 Å². The molecule has 5 heteroatoms. The van der Waals surface area contributed by atoms with Gasteiger partial charge in [-0.05, 0) is 69.6 Å². The summed E-state index contributed by atoms with van der Waals surface area (Å²) >= 11 is 0. The third-order valence-electron chi connectivity index (χ3n) is 4.45. The zero-order chi connectivity index (χ0) is 16.0. The van der Waals surface area contributed by atoms with Gasteiger partial charge in [0.2, 0.25) is 0 Å². The third kappa shape index (κ3) is 2.66. The van der Waals surface area contributed by atoms with E-state index in [1.54, 1.807) is 18.3 Å². The number of hydrogen-bond donors (Lipinski definition) is 0. The highest BCUT2D eigenvalue weighted by Gasteiger charge is 2.51. The normalized spacial score (nSPS) is 19.4. The predicted octanol–water partition coefficient (Wildman–Crippen LogP) is 3.19. The van der Waals surface area contributed by atoms with Crippen molar-refractivity contribution in [2.24, 2.45) is 0 Å². The van der Waals surface area contributed by atoms with Gasteiger partial charge in [0.05, 0.1) is 16.9 Å². The zero-order valence-corrected chi connectivity index (χ0v) is 13.3. The van der Waals surface area contributed by atoms with Crippen LogP contribution in [0.25, 0.3) is 11.3 Å². The summed E-state index contributed by atoms with van der Waals surface area (Å²) in [4.78, 5) is 4.35. The number of rotatable bonds is 2. The molecule has 3 rings (SSSR count). The molecule has 2 aromatic rings. The number of pyridine rings is 1. The Labute approximate surface area is 130 Å². The summed E-state index contributed by atoms with van der Waals surface area (Å²) < 4.78 is 25.1. The molecule has 0 radical (unpaired) electrons. The standard InChI is InChI=1S/C17H19BFNO2/c1-16(2)17(3,4)22-18(21-16)13-9-10-20-15(11-13)12-5-7-14(19)8-6-12/h5-11H,1-4H3. The Morgan fingerprint density at radius 2 is 1.55 bits per heavy atom. The Morgan fingerprint density at radius 3 is 2.14 bits per heavy atom. The van der Waals surface area contributed by atoms with Crippen LogP contribution in [-0.2, 0) is 9.31 Å². The van der Waals surface area contributed by atoms with Crippen molar-refractivity contribution >= 4 is 12.6 Å². The van der Waals surface area contributed by atoms with Gasteiger partial charge in [-0.3, -0.25) is 4.98 Å². The second kappa shape index (κ2) is 5.18. The highest BCUT2D eigenvalue weighted by atomic mass is 19.1. The van der Waals surface area contributed by atoms with Crippen molar-refractivity contribution in [3.05, 3.63) is 48.4 Å². The fourth-order valence-electron chi connectivity index (χ4n) is 2.35. The van der Waals surface area contributed by atoms with Gasteiger partial charge in [-0.25, -0.2) is 4.39 Å². The van der Waals surface area contributed by atoms with Crippen LogP contribution >= 0.6 is 0 Å². The molecule has 0 aliphatic carbocycles. The maximum absolute atomic E-state index is 13.0. The van der Waals surface area contributed by atoms with Crippen LogP contribution in [0.2, 0.25) is 0 Å². The van der Waals surface area contributed by atoms with Crippen molar-refractivity contribution < 1.29 is 13.7 Å². The third-order valence-corrected chi connectivity index (χ3v) is 4.45. The number of halogens is 1. The van der Waals surface area contributed by atoms with Gasteiger partial charge in [0.25, 0.3) is 0 Å². The lowest BCUT2D eigenvalue weighted by Gasteiger charge is -2.32. The average molecular weight is 299 g/mol. The lowest BCUT2D eigenvalue weighted by atomic mass is 9.79. The minimum absolute atomic E-state index is 0.258. The highest BCUT2D eigenvalue weighted by molar-refractivity contribution is 6.62. The smallest absolute Gasteiger partial charge is 0.399 e. The molecule has 3 nitrogen and oxygen atoms in total. The second-order valence-electron chi connectivity index (χ2n) is 6.57. The first-order valence-corrected chi connectivity index (χ1v) is 7.36. The lowest BCUT2D eigenvalue weighted by molar-refractivity contribution is 0.00578. The van der Waals surface area contributed by atoms with Crippen molar-refractivity contribution in [2.45, 2.75) is 38.9 Å².